The molecule has 6 nitrogen and oxygen atoms in total. The lowest BCUT2D eigenvalue weighted by molar-refractivity contribution is 0.243. The number of hydrogen-bond acceptors (Lipinski definition) is 5. The lowest BCUT2D eigenvalue weighted by Gasteiger charge is -2.28. The van der Waals surface area contributed by atoms with Gasteiger partial charge >= 0.3 is 0 Å². The Morgan fingerprint density at radius 1 is 1.35 bits per heavy atom. The summed E-state index contributed by atoms with van der Waals surface area (Å²) < 4.78 is 0. The van der Waals surface area contributed by atoms with Crippen LogP contribution in [0.15, 0.2) is 36.6 Å². The number of aromatic amines is 1. The molecule has 0 saturated carbocycles. The summed E-state index contributed by atoms with van der Waals surface area (Å²) in [5.74, 6) is 0.907. The Morgan fingerprint density at radius 2 is 2.15 bits per heavy atom. The van der Waals surface area contributed by atoms with E-state index in [2.05, 4.69) is 77.6 Å². The van der Waals surface area contributed by atoms with Crippen LogP contribution in [0.4, 0.5) is 0 Å². The zero-order chi connectivity index (χ0) is 18.7. The second kappa shape index (κ2) is 7.83. The lowest BCUT2D eigenvalue weighted by Crippen LogP contribution is -2.23. The minimum absolute atomic E-state index is 0.0555. The van der Waals surface area contributed by atoms with Crippen molar-refractivity contribution in [2.24, 2.45) is 11.8 Å². The number of nitrogens with zero attached hydrogens (tertiary/aromatic N) is 3. The van der Waals surface area contributed by atoms with E-state index in [0.29, 0.717) is 5.82 Å². The molecule has 138 valence electrons. The number of tetrazole rings is 1. The van der Waals surface area contributed by atoms with Crippen LogP contribution in [0.1, 0.15) is 42.3 Å². The molecule has 0 radical (unpaired) electrons. The molecule has 0 bridgehead atoms. The zero-order valence-electron chi connectivity index (χ0n) is 15.7. The largest absolute Gasteiger partial charge is 0.513 e. The molecule has 3 N–H and O–H groups in total. The predicted octanol–water partition coefficient (Wildman–Crippen LogP) is 3.16. The summed E-state index contributed by atoms with van der Waals surface area (Å²) in [6.45, 7) is 12.0. The number of rotatable bonds is 7. The average Bonchev–Trinajstić information content (AvgIpc) is 3.27. The number of aryl methyl sites for hydroxylation is 1. The molecule has 1 aliphatic heterocycles. The molecule has 2 atom stereocenters. The van der Waals surface area contributed by atoms with E-state index in [1.807, 2.05) is 0 Å². The van der Waals surface area contributed by atoms with Crippen molar-refractivity contribution in [3.05, 3.63) is 59.1 Å². The van der Waals surface area contributed by atoms with Crippen molar-refractivity contribution < 1.29 is 5.11 Å². The smallest absolute Gasteiger partial charge is 0.152 e. The second-order valence-corrected chi connectivity index (χ2v) is 7.37. The van der Waals surface area contributed by atoms with Gasteiger partial charge in [0.2, 0.25) is 0 Å². The molecule has 26 heavy (non-hydrogen) atoms. The number of nitrogens with one attached hydrogen (secondary N) is 2. The summed E-state index contributed by atoms with van der Waals surface area (Å²) in [4.78, 5) is 0. The maximum Gasteiger partial charge on any atom is 0.152 e. The standard InChI is InChI=1S/C20H27N5O/c1-12(2)19(14(4)26)18(20-22-24-25-23-20)10-15-5-6-17(13(3)9-15)16-7-8-21-11-16/h5-7,9,12,18-19,21,26H,4,8,10-11H2,1-3H3,(H,22,23,24,25)/t18-,19+/m0/s1. The molecule has 0 amide bonds. The Bertz CT molecular complexity index is 795. The van der Waals surface area contributed by atoms with Gasteiger partial charge in [-0.15, -0.1) is 5.10 Å². The van der Waals surface area contributed by atoms with E-state index in [0.717, 1.165) is 19.5 Å². The van der Waals surface area contributed by atoms with Gasteiger partial charge in [-0.25, -0.2) is 5.10 Å². The van der Waals surface area contributed by atoms with Crippen molar-refractivity contribution in [3.8, 4) is 0 Å². The molecule has 1 aromatic heterocycles. The van der Waals surface area contributed by atoms with E-state index in [1.54, 1.807) is 0 Å². The van der Waals surface area contributed by atoms with E-state index >= 15 is 0 Å². The molecule has 0 unspecified atom stereocenters. The average molecular weight is 353 g/mol. The van der Waals surface area contributed by atoms with Crippen molar-refractivity contribution in [1.82, 2.24) is 25.9 Å². The van der Waals surface area contributed by atoms with Crippen molar-refractivity contribution in [1.29, 1.82) is 0 Å². The summed E-state index contributed by atoms with van der Waals surface area (Å²) in [5.41, 5.74) is 5.11. The van der Waals surface area contributed by atoms with E-state index < -0.39 is 0 Å². The molecule has 0 saturated heterocycles. The van der Waals surface area contributed by atoms with E-state index in [4.69, 9.17) is 0 Å². The van der Waals surface area contributed by atoms with Crippen LogP contribution in [-0.2, 0) is 6.42 Å². The molecule has 0 aliphatic carbocycles. The minimum atomic E-state index is -0.119. The Hall–Kier alpha value is -2.47. The van der Waals surface area contributed by atoms with Crippen LogP contribution in [0.2, 0.25) is 0 Å². The van der Waals surface area contributed by atoms with Gasteiger partial charge in [0.25, 0.3) is 0 Å². The monoisotopic (exact) mass is 353 g/mol. The Labute approximate surface area is 154 Å². The van der Waals surface area contributed by atoms with Crippen LogP contribution >= 0.6 is 0 Å². The van der Waals surface area contributed by atoms with Crippen molar-refractivity contribution in [3.63, 3.8) is 0 Å². The van der Waals surface area contributed by atoms with Gasteiger partial charge in [-0.3, -0.25) is 0 Å². The highest BCUT2D eigenvalue weighted by Crippen LogP contribution is 2.35. The quantitative estimate of drug-likeness (QED) is 0.666. The van der Waals surface area contributed by atoms with Crippen LogP contribution in [-0.4, -0.2) is 38.8 Å². The van der Waals surface area contributed by atoms with E-state index in [-0.39, 0.29) is 23.5 Å². The van der Waals surface area contributed by atoms with Crippen molar-refractivity contribution in [2.75, 3.05) is 13.1 Å². The third-order valence-electron chi connectivity index (χ3n) is 5.15. The number of allylic oxidation sites excluding steroid dienone is 1. The number of aliphatic hydroxyl groups excluding tert-OH is 1. The molecule has 2 heterocycles. The van der Waals surface area contributed by atoms with Gasteiger partial charge in [0.15, 0.2) is 5.82 Å². The number of H-pyrrole nitrogens is 1. The first-order valence-electron chi connectivity index (χ1n) is 9.08. The summed E-state index contributed by atoms with van der Waals surface area (Å²) in [7, 11) is 0. The fourth-order valence-corrected chi connectivity index (χ4v) is 3.95. The Balaban J connectivity index is 1.89. The van der Waals surface area contributed by atoms with Gasteiger partial charge in [-0.2, -0.15) is 0 Å². The lowest BCUT2D eigenvalue weighted by atomic mass is 9.78. The van der Waals surface area contributed by atoms with Crippen LogP contribution in [0.3, 0.4) is 0 Å². The Kier molecular flexibility index (Phi) is 5.52. The van der Waals surface area contributed by atoms with Crippen LogP contribution in [0, 0.1) is 18.8 Å². The first-order chi connectivity index (χ1) is 12.5. The van der Waals surface area contributed by atoms with Crippen molar-refractivity contribution in [2.45, 2.75) is 33.1 Å². The van der Waals surface area contributed by atoms with Gasteiger partial charge in [0.05, 0.1) is 5.76 Å². The predicted molar refractivity (Wildman–Crippen MR) is 103 cm³/mol. The molecule has 3 rings (SSSR count). The molecule has 1 aromatic carbocycles. The summed E-state index contributed by atoms with van der Waals surface area (Å²) in [5, 5.41) is 28.0. The maximum absolute atomic E-state index is 10.2. The highest BCUT2D eigenvalue weighted by atomic mass is 16.3. The SMILES string of the molecule is C=C(O)[C@@H](C(C)C)[C@H](Cc1ccc(C2=CCNC2)c(C)c1)c1nnn[nH]1. The highest BCUT2D eigenvalue weighted by molar-refractivity contribution is 5.71. The fourth-order valence-electron chi connectivity index (χ4n) is 3.95. The highest BCUT2D eigenvalue weighted by Gasteiger charge is 2.31. The van der Waals surface area contributed by atoms with Gasteiger partial charge in [0, 0.05) is 24.9 Å². The maximum atomic E-state index is 10.2. The topological polar surface area (TPSA) is 86.7 Å². The molecular formula is C20H27N5O. The molecular weight excluding hydrogens is 326 g/mol. The van der Waals surface area contributed by atoms with Gasteiger partial charge in [-0.05, 0) is 52.0 Å². The number of aromatic nitrogens is 4. The first kappa shape index (κ1) is 18.3. The second-order valence-electron chi connectivity index (χ2n) is 7.37. The number of benzene rings is 1. The fraction of sp³-hybridized carbons (Fsp3) is 0.450. The van der Waals surface area contributed by atoms with Crippen molar-refractivity contribution >= 4 is 5.57 Å². The normalized spacial score (nSPS) is 16.5. The molecule has 6 heteroatoms. The molecule has 1 aliphatic rings. The van der Waals surface area contributed by atoms with Gasteiger partial charge in [-0.1, -0.05) is 44.7 Å². The summed E-state index contributed by atoms with van der Waals surface area (Å²) in [6, 6.07) is 6.58. The third kappa shape index (κ3) is 3.85. The summed E-state index contributed by atoms with van der Waals surface area (Å²) in [6.07, 6.45) is 2.98. The van der Waals surface area contributed by atoms with Crippen LogP contribution < -0.4 is 5.32 Å². The first-order valence-corrected chi connectivity index (χ1v) is 9.08. The number of aliphatic hydroxyl groups is 1. The van der Waals surface area contributed by atoms with E-state index in [1.165, 1.54) is 22.3 Å². The van der Waals surface area contributed by atoms with Gasteiger partial charge in [0.1, 0.15) is 0 Å². The minimum Gasteiger partial charge on any atom is -0.513 e. The Morgan fingerprint density at radius 3 is 2.69 bits per heavy atom. The third-order valence-corrected chi connectivity index (χ3v) is 5.15. The number of hydrogen-bond donors (Lipinski definition) is 3. The molecule has 0 fully saturated rings. The van der Waals surface area contributed by atoms with Crippen LogP contribution in [0.5, 0.6) is 0 Å². The molecule has 0 spiro atoms. The van der Waals surface area contributed by atoms with Crippen LogP contribution in [0.25, 0.3) is 5.57 Å². The zero-order valence-corrected chi connectivity index (χ0v) is 15.7. The van der Waals surface area contributed by atoms with E-state index in [9.17, 15) is 5.11 Å². The van der Waals surface area contributed by atoms with Gasteiger partial charge < -0.3 is 10.4 Å². The molecule has 2 aromatic rings. The summed E-state index contributed by atoms with van der Waals surface area (Å²) >= 11 is 0.